The lowest BCUT2D eigenvalue weighted by molar-refractivity contribution is -0.296. The van der Waals surface area contributed by atoms with Crippen LogP contribution in [0.15, 0.2) is 42.5 Å². The Balaban J connectivity index is 1.72. The van der Waals surface area contributed by atoms with Gasteiger partial charge in [-0.2, -0.15) is 0 Å². The zero-order chi connectivity index (χ0) is 16.4. The van der Waals surface area contributed by atoms with Gasteiger partial charge >= 0.3 is 0 Å². The molecule has 6 heteroatoms. The van der Waals surface area contributed by atoms with E-state index in [9.17, 15) is 15.3 Å². The minimum absolute atomic E-state index is 0.161. The van der Waals surface area contributed by atoms with Gasteiger partial charge in [-0.3, -0.25) is 0 Å². The summed E-state index contributed by atoms with van der Waals surface area (Å²) in [6.45, 7) is -0.310. The van der Waals surface area contributed by atoms with Crippen molar-refractivity contribution in [1.29, 1.82) is 0 Å². The summed E-state index contributed by atoms with van der Waals surface area (Å²) in [6.07, 6.45) is -6.14. The molecule has 0 spiro atoms. The van der Waals surface area contributed by atoms with Crippen LogP contribution in [0.3, 0.4) is 0 Å². The van der Waals surface area contributed by atoms with Gasteiger partial charge in [0, 0.05) is 0 Å². The molecule has 1 aliphatic heterocycles. The van der Waals surface area contributed by atoms with Crippen LogP contribution in [-0.2, 0) is 16.1 Å². The summed E-state index contributed by atoms with van der Waals surface area (Å²) in [7, 11) is 0. The Labute approximate surface area is 133 Å². The van der Waals surface area contributed by atoms with E-state index >= 15 is 0 Å². The molecular weight excluding hydrogens is 300 g/mol. The summed E-state index contributed by atoms with van der Waals surface area (Å²) in [5.74, 6) is 0. The van der Waals surface area contributed by atoms with Crippen molar-refractivity contribution < 1.29 is 29.9 Å². The normalized spacial score (nSPS) is 31.4. The van der Waals surface area contributed by atoms with Crippen LogP contribution in [-0.4, -0.2) is 57.7 Å². The van der Waals surface area contributed by atoms with Gasteiger partial charge in [0.25, 0.3) is 0 Å². The summed E-state index contributed by atoms with van der Waals surface area (Å²) in [6, 6.07) is 13.7. The molecule has 6 nitrogen and oxygen atoms in total. The molecule has 3 rings (SSSR count). The van der Waals surface area contributed by atoms with Crippen LogP contribution in [0.5, 0.6) is 0 Å². The van der Waals surface area contributed by atoms with E-state index in [0.29, 0.717) is 0 Å². The molecule has 0 aliphatic carbocycles. The van der Waals surface area contributed by atoms with Gasteiger partial charge in [0.05, 0.1) is 13.2 Å². The first-order valence-corrected chi connectivity index (χ1v) is 7.50. The second-order valence-corrected chi connectivity index (χ2v) is 5.69. The molecule has 1 saturated heterocycles. The van der Waals surface area contributed by atoms with Crippen molar-refractivity contribution in [1.82, 2.24) is 0 Å². The summed E-state index contributed by atoms with van der Waals surface area (Å²) in [4.78, 5) is 0. The molecule has 4 N–H and O–H groups in total. The Morgan fingerprint density at radius 1 is 0.957 bits per heavy atom. The predicted molar refractivity (Wildman–Crippen MR) is 82.5 cm³/mol. The molecule has 5 atom stereocenters. The number of hydrogen-bond donors (Lipinski definition) is 4. The summed E-state index contributed by atoms with van der Waals surface area (Å²) < 4.78 is 10.5. The second kappa shape index (κ2) is 6.92. The van der Waals surface area contributed by atoms with E-state index in [1.165, 1.54) is 0 Å². The van der Waals surface area contributed by atoms with Gasteiger partial charge in [0.1, 0.15) is 24.4 Å². The van der Waals surface area contributed by atoms with E-state index in [4.69, 9.17) is 14.6 Å². The highest BCUT2D eigenvalue weighted by molar-refractivity contribution is 5.82. The van der Waals surface area contributed by atoms with Crippen LogP contribution < -0.4 is 0 Å². The minimum Gasteiger partial charge on any atom is -0.394 e. The molecule has 124 valence electrons. The van der Waals surface area contributed by atoms with Gasteiger partial charge in [-0.15, -0.1) is 0 Å². The fraction of sp³-hybridized carbons (Fsp3) is 0.412. The van der Waals surface area contributed by atoms with E-state index in [1.807, 2.05) is 42.5 Å². The molecule has 1 aliphatic rings. The number of rotatable bonds is 4. The maximum Gasteiger partial charge on any atom is 0.184 e. The predicted octanol–water partition coefficient (Wildman–Crippen LogP) is 0.156. The van der Waals surface area contributed by atoms with Crippen molar-refractivity contribution in [2.75, 3.05) is 6.61 Å². The van der Waals surface area contributed by atoms with E-state index in [-0.39, 0.29) is 6.61 Å². The SMILES string of the molecule is OCC1OC(O)C(O)[C@@H](OCc2ccc3ccccc3c2)[C@@H]1O. The van der Waals surface area contributed by atoms with Crippen LogP contribution in [0.25, 0.3) is 10.8 Å². The van der Waals surface area contributed by atoms with Gasteiger partial charge in [0.15, 0.2) is 6.29 Å². The quantitative estimate of drug-likeness (QED) is 0.640. The molecule has 0 bridgehead atoms. The van der Waals surface area contributed by atoms with E-state index < -0.39 is 37.3 Å². The zero-order valence-electron chi connectivity index (χ0n) is 12.4. The number of hydrogen-bond acceptors (Lipinski definition) is 6. The summed E-state index contributed by atoms with van der Waals surface area (Å²) in [5.41, 5.74) is 0.879. The highest BCUT2D eigenvalue weighted by Gasteiger charge is 2.44. The Hall–Kier alpha value is -1.54. The number of aliphatic hydroxyl groups is 4. The summed E-state index contributed by atoms with van der Waals surface area (Å²) in [5, 5.41) is 41.0. The maximum absolute atomic E-state index is 10.1. The standard InChI is InChI=1S/C17H20O6/c18-8-13-14(19)16(15(20)17(21)23-13)22-9-10-5-6-11-3-1-2-4-12(11)7-10/h1-7,13-21H,8-9H2/t13?,14-,15?,16+,17?/m1/s1. The third kappa shape index (κ3) is 3.37. The van der Waals surface area contributed by atoms with Crippen molar-refractivity contribution in [2.24, 2.45) is 0 Å². The lowest BCUT2D eigenvalue weighted by Gasteiger charge is -2.39. The monoisotopic (exact) mass is 320 g/mol. The van der Waals surface area contributed by atoms with Crippen molar-refractivity contribution >= 4 is 10.8 Å². The molecule has 2 aromatic carbocycles. The highest BCUT2D eigenvalue weighted by atomic mass is 16.6. The molecule has 0 aromatic heterocycles. The number of benzene rings is 2. The number of ether oxygens (including phenoxy) is 2. The molecular formula is C17H20O6. The molecule has 0 saturated carbocycles. The van der Waals surface area contributed by atoms with Crippen molar-refractivity contribution in [3.05, 3.63) is 48.0 Å². The fourth-order valence-corrected chi connectivity index (χ4v) is 2.79. The lowest BCUT2D eigenvalue weighted by atomic mass is 9.99. The fourth-order valence-electron chi connectivity index (χ4n) is 2.79. The molecule has 1 heterocycles. The zero-order valence-corrected chi connectivity index (χ0v) is 12.4. The maximum atomic E-state index is 10.1. The van der Waals surface area contributed by atoms with Crippen LogP contribution in [0.2, 0.25) is 0 Å². The van der Waals surface area contributed by atoms with Crippen molar-refractivity contribution in [3.63, 3.8) is 0 Å². The van der Waals surface area contributed by atoms with Crippen LogP contribution in [0.4, 0.5) is 0 Å². The Bertz CT molecular complexity index is 660. The first-order valence-electron chi connectivity index (χ1n) is 7.50. The third-order valence-corrected chi connectivity index (χ3v) is 4.10. The smallest absolute Gasteiger partial charge is 0.184 e. The van der Waals surface area contributed by atoms with Gasteiger partial charge in [-0.25, -0.2) is 0 Å². The second-order valence-electron chi connectivity index (χ2n) is 5.69. The van der Waals surface area contributed by atoms with Crippen molar-refractivity contribution in [3.8, 4) is 0 Å². The Morgan fingerprint density at radius 2 is 1.70 bits per heavy atom. The largest absolute Gasteiger partial charge is 0.394 e. The first-order chi connectivity index (χ1) is 11.1. The lowest BCUT2D eigenvalue weighted by Crippen LogP contribution is -2.59. The molecule has 3 unspecified atom stereocenters. The topological polar surface area (TPSA) is 99.4 Å². The van der Waals surface area contributed by atoms with E-state index in [2.05, 4.69) is 0 Å². The molecule has 1 fully saturated rings. The Morgan fingerprint density at radius 3 is 2.43 bits per heavy atom. The van der Waals surface area contributed by atoms with E-state index in [1.54, 1.807) is 0 Å². The van der Waals surface area contributed by atoms with E-state index in [0.717, 1.165) is 16.3 Å². The first kappa shape index (κ1) is 16.3. The van der Waals surface area contributed by atoms with Crippen molar-refractivity contribution in [2.45, 2.75) is 37.3 Å². The van der Waals surface area contributed by atoms with Gasteiger partial charge < -0.3 is 29.9 Å². The van der Waals surface area contributed by atoms with Gasteiger partial charge in [-0.05, 0) is 22.4 Å². The summed E-state index contributed by atoms with van der Waals surface area (Å²) >= 11 is 0. The van der Waals surface area contributed by atoms with Crippen LogP contribution in [0, 0.1) is 0 Å². The molecule has 2 aromatic rings. The molecule has 0 radical (unpaired) electrons. The molecule has 0 amide bonds. The third-order valence-electron chi connectivity index (χ3n) is 4.10. The van der Waals surface area contributed by atoms with Crippen LogP contribution >= 0.6 is 0 Å². The molecule has 23 heavy (non-hydrogen) atoms. The average Bonchev–Trinajstić information content (AvgIpc) is 2.58. The minimum atomic E-state index is -1.50. The van der Waals surface area contributed by atoms with Gasteiger partial charge in [-0.1, -0.05) is 36.4 Å². The van der Waals surface area contributed by atoms with Gasteiger partial charge in [0.2, 0.25) is 0 Å². The highest BCUT2D eigenvalue weighted by Crippen LogP contribution is 2.24. The van der Waals surface area contributed by atoms with Crippen LogP contribution in [0.1, 0.15) is 5.56 Å². The Kier molecular flexibility index (Phi) is 4.91. The number of aliphatic hydroxyl groups excluding tert-OH is 4. The number of fused-ring (bicyclic) bond motifs is 1. The average molecular weight is 320 g/mol.